The molecule has 0 heterocycles. The van der Waals surface area contributed by atoms with Gasteiger partial charge >= 0.3 is 35.5 Å². The molecule has 0 amide bonds. The summed E-state index contributed by atoms with van der Waals surface area (Å²) in [5.41, 5.74) is 1.04. The molecule has 15 heavy (non-hydrogen) atoms. The molecule has 0 aliphatic heterocycles. The van der Waals surface area contributed by atoms with Gasteiger partial charge in [-0.25, -0.2) is 4.79 Å². The molecule has 0 atom stereocenters. The van der Waals surface area contributed by atoms with Gasteiger partial charge in [0.05, 0.1) is 19.3 Å². The van der Waals surface area contributed by atoms with Gasteiger partial charge in [0.15, 0.2) is 0 Å². The maximum absolute atomic E-state index is 10.7. The topological polar surface area (TPSA) is 55.8 Å². The number of hydrogen-bond acceptors (Lipinski definition) is 3. The average molecular weight is 220 g/mol. The van der Waals surface area contributed by atoms with Gasteiger partial charge in [-0.05, 0) is 12.1 Å². The Balaban J connectivity index is 0. The van der Waals surface area contributed by atoms with Crippen LogP contribution in [-0.4, -0.2) is 25.3 Å². The minimum absolute atomic E-state index is 0. The summed E-state index contributed by atoms with van der Waals surface area (Å²) in [6.07, 6.45) is 0. The van der Waals surface area contributed by atoms with E-state index in [4.69, 9.17) is 14.6 Å². The van der Waals surface area contributed by atoms with Crippen molar-refractivity contribution >= 4 is 5.97 Å². The fraction of sp³-hybridized carbons (Fsp3) is 0.300. The molecule has 0 aromatic heterocycles. The van der Waals surface area contributed by atoms with E-state index in [1.54, 1.807) is 13.2 Å². The monoisotopic (exact) mass is 220 g/mol. The third-order valence-corrected chi connectivity index (χ3v) is 1.83. The number of methoxy groups -OCH3 is 2. The van der Waals surface area contributed by atoms with E-state index in [-0.39, 0.29) is 36.5 Å². The van der Waals surface area contributed by atoms with Crippen LogP contribution in [0.2, 0.25) is 0 Å². The molecule has 1 rings (SSSR count). The molecule has 0 aliphatic carbocycles. The molecular formula is C10H13NaO4. The second-order valence-corrected chi connectivity index (χ2v) is 2.76. The summed E-state index contributed by atoms with van der Waals surface area (Å²) in [7, 11) is 3.07. The predicted octanol–water partition coefficient (Wildman–Crippen LogP) is -1.34. The molecule has 0 bridgehead atoms. The van der Waals surface area contributed by atoms with E-state index >= 15 is 0 Å². The van der Waals surface area contributed by atoms with E-state index in [2.05, 4.69) is 0 Å². The fourth-order valence-corrected chi connectivity index (χ4v) is 1.15. The number of rotatable bonds is 4. The molecule has 0 radical (unpaired) electrons. The van der Waals surface area contributed by atoms with E-state index < -0.39 is 5.97 Å². The summed E-state index contributed by atoms with van der Waals surface area (Å²) in [6, 6.07) is 4.70. The van der Waals surface area contributed by atoms with Gasteiger partial charge in [0.2, 0.25) is 0 Å². The number of benzene rings is 1. The van der Waals surface area contributed by atoms with Crippen molar-refractivity contribution in [2.45, 2.75) is 6.61 Å². The Bertz CT molecular complexity index is 344. The van der Waals surface area contributed by atoms with E-state index in [1.165, 1.54) is 19.2 Å². The van der Waals surface area contributed by atoms with Gasteiger partial charge in [0.25, 0.3) is 0 Å². The summed E-state index contributed by atoms with van der Waals surface area (Å²) in [4.78, 5) is 10.7. The zero-order chi connectivity index (χ0) is 10.6. The first-order chi connectivity index (χ1) is 6.69. The number of carboxylic acids is 1. The van der Waals surface area contributed by atoms with Crippen LogP contribution < -0.4 is 34.3 Å². The van der Waals surface area contributed by atoms with Gasteiger partial charge in [-0.1, -0.05) is 6.07 Å². The predicted molar refractivity (Wildman–Crippen MR) is 51.8 cm³/mol. The van der Waals surface area contributed by atoms with Crippen molar-refractivity contribution < 1.29 is 50.4 Å². The Morgan fingerprint density at radius 3 is 2.60 bits per heavy atom. The van der Waals surface area contributed by atoms with Gasteiger partial charge in [-0.15, -0.1) is 0 Å². The quantitative estimate of drug-likeness (QED) is 0.638. The van der Waals surface area contributed by atoms with Crippen LogP contribution in [-0.2, 0) is 11.3 Å². The summed E-state index contributed by atoms with van der Waals surface area (Å²) in [5, 5.41) is 8.74. The summed E-state index contributed by atoms with van der Waals surface area (Å²) >= 11 is 0. The van der Waals surface area contributed by atoms with Crippen molar-refractivity contribution in [2.24, 2.45) is 0 Å². The zero-order valence-corrected chi connectivity index (χ0v) is 11.1. The average Bonchev–Trinajstić information content (AvgIpc) is 2.18. The van der Waals surface area contributed by atoms with Gasteiger partial charge < -0.3 is 16.0 Å². The van der Waals surface area contributed by atoms with Crippen molar-refractivity contribution in [3.8, 4) is 5.75 Å². The maximum Gasteiger partial charge on any atom is 1.00 e. The minimum Gasteiger partial charge on any atom is -1.00 e. The molecule has 1 aromatic carbocycles. The normalized spacial score (nSPS) is 9.20. The van der Waals surface area contributed by atoms with E-state index in [0.717, 1.165) is 5.56 Å². The first-order valence-corrected chi connectivity index (χ1v) is 4.08. The Morgan fingerprint density at radius 2 is 2.13 bits per heavy atom. The van der Waals surface area contributed by atoms with Crippen LogP contribution in [0.4, 0.5) is 0 Å². The third-order valence-electron chi connectivity index (χ3n) is 1.83. The smallest absolute Gasteiger partial charge is 1.00 e. The molecule has 0 aliphatic rings. The van der Waals surface area contributed by atoms with Gasteiger partial charge in [0, 0.05) is 12.7 Å². The van der Waals surface area contributed by atoms with Crippen LogP contribution in [0.1, 0.15) is 17.3 Å². The Morgan fingerprint density at radius 1 is 1.47 bits per heavy atom. The van der Waals surface area contributed by atoms with E-state index in [0.29, 0.717) is 12.4 Å². The summed E-state index contributed by atoms with van der Waals surface area (Å²) in [5.74, 6) is -0.431. The molecule has 5 heteroatoms. The molecule has 0 saturated carbocycles. The zero-order valence-electron chi connectivity index (χ0n) is 10.1. The largest absolute Gasteiger partial charge is 1.00 e. The number of carboxylic acid groups (broad SMARTS) is 1. The molecule has 0 unspecified atom stereocenters. The molecule has 4 nitrogen and oxygen atoms in total. The van der Waals surface area contributed by atoms with E-state index in [1.807, 2.05) is 0 Å². The fourth-order valence-electron chi connectivity index (χ4n) is 1.15. The van der Waals surface area contributed by atoms with Crippen molar-refractivity contribution in [1.82, 2.24) is 0 Å². The van der Waals surface area contributed by atoms with Crippen LogP contribution in [0.3, 0.4) is 0 Å². The van der Waals surface area contributed by atoms with Gasteiger partial charge in [-0.2, -0.15) is 0 Å². The molecule has 1 aromatic rings. The molecule has 1 N–H and O–H groups in total. The Kier molecular flexibility index (Phi) is 6.60. The van der Waals surface area contributed by atoms with Crippen molar-refractivity contribution in [1.29, 1.82) is 0 Å². The number of carbonyl (C=O) groups is 1. The van der Waals surface area contributed by atoms with Crippen molar-refractivity contribution in [3.63, 3.8) is 0 Å². The van der Waals surface area contributed by atoms with Crippen molar-refractivity contribution in [2.75, 3.05) is 14.2 Å². The SMILES string of the molecule is COCc1ccc(C(=O)O)cc1OC.[H-].[Na+]. The van der Waals surface area contributed by atoms with Gasteiger partial charge in [-0.3, -0.25) is 0 Å². The van der Waals surface area contributed by atoms with Crippen LogP contribution in [0.15, 0.2) is 18.2 Å². The molecule has 0 fully saturated rings. The maximum atomic E-state index is 10.7. The first kappa shape index (κ1) is 14.5. The number of ether oxygens (including phenoxy) is 2. The van der Waals surface area contributed by atoms with Crippen molar-refractivity contribution in [3.05, 3.63) is 29.3 Å². The molecule has 0 saturated heterocycles. The second kappa shape index (κ2) is 6.85. The molecule has 78 valence electrons. The van der Waals surface area contributed by atoms with Crippen LogP contribution >= 0.6 is 0 Å². The third kappa shape index (κ3) is 3.83. The Labute approximate surface area is 112 Å². The van der Waals surface area contributed by atoms with Gasteiger partial charge in [0.1, 0.15) is 5.75 Å². The Hall–Kier alpha value is -0.550. The summed E-state index contributed by atoms with van der Waals surface area (Å²) < 4.78 is 9.99. The number of hydrogen-bond donors (Lipinski definition) is 1. The molecule has 0 spiro atoms. The van der Waals surface area contributed by atoms with E-state index in [9.17, 15) is 4.79 Å². The molecular weight excluding hydrogens is 207 g/mol. The second-order valence-electron chi connectivity index (χ2n) is 2.76. The number of aromatic carboxylic acids is 1. The first-order valence-electron chi connectivity index (χ1n) is 4.08. The van der Waals surface area contributed by atoms with Crippen LogP contribution in [0.25, 0.3) is 0 Å². The minimum atomic E-state index is -0.965. The summed E-state index contributed by atoms with van der Waals surface area (Å²) in [6.45, 7) is 0.406. The van der Waals surface area contributed by atoms with Crippen LogP contribution in [0, 0.1) is 0 Å². The van der Waals surface area contributed by atoms with Crippen LogP contribution in [0.5, 0.6) is 5.75 Å². The standard InChI is InChI=1S/C10H12O4.Na.H/c1-13-6-8-4-3-7(10(11)12)5-9(8)14-2;;/h3-5H,6H2,1-2H3,(H,11,12);;/q;+1;-1.